The number of nitrogens with two attached hydrogens (primary N) is 1. The highest BCUT2D eigenvalue weighted by Crippen LogP contribution is 2.24. The van der Waals surface area contributed by atoms with Crippen LogP contribution in [-0.4, -0.2) is 94.4 Å². The van der Waals surface area contributed by atoms with Crippen molar-refractivity contribution < 1.29 is 23.5 Å². The molecule has 19 nitrogen and oxygen atoms in total. The van der Waals surface area contributed by atoms with Gasteiger partial charge in [0.2, 0.25) is 11.9 Å². The molecule has 1 aliphatic heterocycles. The van der Waals surface area contributed by atoms with Gasteiger partial charge in [0.25, 0.3) is 11.5 Å². The van der Waals surface area contributed by atoms with Crippen LogP contribution in [0.4, 0.5) is 5.95 Å². The number of aromatic amines is 2. The lowest BCUT2D eigenvalue weighted by atomic mass is 10.1. The Bertz CT molecular complexity index is 2010. The van der Waals surface area contributed by atoms with Crippen LogP contribution in [0.3, 0.4) is 0 Å². The number of likely N-dealkylation sites (tertiary alicyclic amines) is 1. The summed E-state index contributed by atoms with van der Waals surface area (Å²) in [6.07, 6.45) is 1.83. The molecule has 1 unspecified atom stereocenters. The minimum Gasteiger partial charge on any atom is -0.378 e. The van der Waals surface area contributed by atoms with Crippen molar-refractivity contribution >= 4 is 39.7 Å². The highest BCUT2D eigenvalue weighted by atomic mass is 16.5. The van der Waals surface area contributed by atoms with Crippen LogP contribution >= 0.6 is 0 Å². The van der Waals surface area contributed by atoms with Gasteiger partial charge in [0, 0.05) is 49.9 Å². The molecular formula is C28H33N11O8. The molecule has 1 aliphatic rings. The summed E-state index contributed by atoms with van der Waals surface area (Å²) in [5.74, 6) is -1.79. The number of ether oxygens (including phenoxy) is 2. The standard InChI is InChI=1S/C28H33N11O8/c1-38-19-10-15(2-3-18(19)26(43)47-28(38)44)25(42)39-14-17(36-37-30)11-20(39)23(40)32-5-7-46-9-8-45-6-4-31-12-16-13-33-22-21(16)24(41)35-27(29)34-22/h2-3,10,13,17,20,31H,4-9,11-12,14H2,1H3,(H,32,40)(H4,29,33,34,35,41)/t17?,20-/m0/s1. The Morgan fingerprint density at radius 3 is 2.72 bits per heavy atom. The summed E-state index contributed by atoms with van der Waals surface area (Å²) >= 11 is 0. The fraction of sp³-hybridized carbons (Fsp3) is 0.429. The first-order valence-corrected chi connectivity index (χ1v) is 14.7. The molecule has 4 heterocycles. The first-order chi connectivity index (χ1) is 22.7. The minimum absolute atomic E-state index is 0.0178. The van der Waals surface area contributed by atoms with Gasteiger partial charge in [-0.3, -0.25) is 23.9 Å². The Labute approximate surface area is 264 Å². The monoisotopic (exact) mass is 651 g/mol. The van der Waals surface area contributed by atoms with E-state index >= 15 is 0 Å². The van der Waals surface area contributed by atoms with Crippen LogP contribution in [0.15, 0.2) is 48.3 Å². The summed E-state index contributed by atoms with van der Waals surface area (Å²) < 4.78 is 16.8. The van der Waals surface area contributed by atoms with Crippen molar-refractivity contribution in [2.75, 3.05) is 51.8 Å². The molecule has 4 aromatic rings. The van der Waals surface area contributed by atoms with Crippen molar-refractivity contribution in [3.8, 4) is 0 Å². The average molecular weight is 652 g/mol. The molecule has 0 radical (unpaired) electrons. The van der Waals surface area contributed by atoms with Crippen molar-refractivity contribution in [3.63, 3.8) is 0 Å². The van der Waals surface area contributed by atoms with Gasteiger partial charge in [-0.05, 0) is 35.7 Å². The van der Waals surface area contributed by atoms with Crippen molar-refractivity contribution in [3.05, 3.63) is 77.3 Å². The number of aromatic nitrogens is 4. The lowest BCUT2D eigenvalue weighted by Gasteiger charge is -2.24. The zero-order chi connectivity index (χ0) is 33.5. The van der Waals surface area contributed by atoms with Crippen LogP contribution in [0.1, 0.15) is 22.3 Å². The zero-order valence-corrected chi connectivity index (χ0v) is 25.4. The number of fused-ring (bicyclic) bond motifs is 2. The summed E-state index contributed by atoms with van der Waals surface area (Å²) in [4.78, 5) is 76.3. The fourth-order valence-corrected chi connectivity index (χ4v) is 5.34. The molecule has 1 fully saturated rings. The van der Waals surface area contributed by atoms with Gasteiger partial charge in [-0.2, -0.15) is 4.98 Å². The number of nitrogens with zero attached hydrogens (tertiary/aromatic N) is 6. The summed E-state index contributed by atoms with van der Waals surface area (Å²) in [7, 11) is 1.41. The first kappa shape index (κ1) is 32.9. The highest BCUT2D eigenvalue weighted by Gasteiger charge is 2.39. The summed E-state index contributed by atoms with van der Waals surface area (Å²) in [5.41, 5.74) is 14.9. The molecule has 6 N–H and O–H groups in total. The molecule has 0 spiro atoms. The van der Waals surface area contributed by atoms with E-state index in [1.165, 1.54) is 30.1 Å². The first-order valence-electron chi connectivity index (χ1n) is 14.7. The predicted octanol–water partition coefficient (Wildman–Crippen LogP) is -0.529. The number of carbonyl (C=O) groups excluding carboxylic acids is 2. The quantitative estimate of drug-likeness (QED) is 0.0500. The Morgan fingerprint density at radius 2 is 1.96 bits per heavy atom. The zero-order valence-electron chi connectivity index (χ0n) is 25.4. The summed E-state index contributed by atoms with van der Waals surface area (Å²) in [6.45, 7) is 2.37. The summed E-state index contributed by atoms with van der Waals surface area (Å²) in [5, 5.41) is 10.2. The topological polar surface area (TPSA) is 268 Å². The SMILES string of the molecule is Cn1c(=O)oc(=O)c2ccc(C(=O)N3CC(N=[N+]=[N-])C[C@H]3C(=O)NCCOCCOCCNCc3c[nH]c4nc(N)[nH]c(=O)c34)cc21. The van der Waals surface area contributed by atoms with E-state index in [9.17, 15) is 24.0 Å². The second kappa shape index (κ2) is 14.7. The van der Waals surface area contributed by atoms with Gasteiger partial charge >= 0.3 is 11.4 Å². The normalized spacial score (nSPS) is 16.1. The van der Waals surface area contributed by atoms with Gasteiger partial charge in [-0.25, -0.2) is 9.59 Å². The maximum absolute atomic E-state index is 13.5. The number of rotatable bonds is 14. The molecule has 2 amide bonds. The van der Waals surface area contributed by atoms with Gasteiger partial charge < -0.3 is 40.1 Å². The van der Waals surface area contributed by atoms with E-state index < -0.39 is 35.3 Å². The molecule has 2 atom stereocenters. The van der Waals surface area contributed by atoms with Gasteiger partial charge in [0.1, 0.15) is 11.7 Å². The molecule has 3 aromatic heterocycles. The van der Waals surface area contributed by atoms with Gasteiger partial charge in [0.05, 0.1) is 48.8 Å². The Hall–Kier alpha value is -5.49. The van der Waals surface area contributed by atoms with Crippen LogP contribution in [0, 0.1) is 0 Å². The number of hydrogen-bond acceptors (Lipinski definition) is 12. The predicted molar refractivity (Wildman–Crippen MR) is 168 cm³/mol. The molecule has 1 aromatic carbocycles. The van der Waals surface area contributed by atoms with Gasteiger partial charge in [-0.15, -0.1) is 0 Å². The second-order valence-electron chi connectivity index (χ2n) is 10.7. The maximum Gasteiger partial charge on any atom is 0.422 e. The number of amides is 2. The van der Waals surface area contributed by atoms with E-state index in [4.69, 9.17) is 20.7 Å². The number of nitrogen functional groups attached to an aromatic ring is 1. The molecule has 248 valence electrons. The van der Waals surface area contributed by atoms with Crippen LogP contribution in [-0.2, 0) is 27.9 Å². The molecule has 0 bridgehead atoms. The highest BCUT2D eigenvalue weighted by molar-refractivity contribution is 6.00. The fourth-order valence-electron chi connectivity index (χ4n) is 5.34. The molecule has 0 saturated carbocycles. The smallest absolute Gasteiger partial charge is 0.378 e. The van der Waals surface area contributed by atoms with Crippen molar-refractivity contribution in [2.24, 2.45) is 12.2 Å². The number of azide groups is 1. The van der Waals surface area contributed by atoms with Crippen LogP contribution in [0.2, 0.25) is 0 Å². The Kier molecular flexibility index (Phi) is 10.3. The largest absolute Gasteiger partial charge is 0.422 e. The molecule has 19 heteroatoms. The van der Waals surface area contributed by atoms with Crippen molar-refractivity contribution in [1.29, 1.82) is 0 Å². The third-order valence-corrected chi connectivity index (χ3v) is 7.64. The second-order valence-corrected chi connectivity index (χ2v) is 10.7. The number of anilines is 1. The third-order valence-electron chi connectivity index (χ3n) is 7.64. The number of benzene rings is 1. The van der Waals surface area contributed by atoms with Crippen LogP contribution in [0.5, 0.6) is 0 Å². The summed E-state index contributed by atoms with van der Waals surface area (Å²) in [6, 6.07) is 2.66. The van der Waals surface area contributed by atoms with E-state index in [2.05, 4.69) is 40.0 Å². The lowest BCUT2D eigenvalue weighted by Crippen LogP contribution is -2.46. The minimum atomic E-state index is -0.911. The van der Waals surface area contributed by atoms with E-state index in [0.29, 0.717) is 37.3 Å². The van der Waals surface area contributed by atoms with Gasteiger partial charge in [-0.1, -0.05) is 5.11 Å². The van der Waals surface area contributed by atoms with E-state index in [-0.39, 0.29) is 60.7 Å². The van der Waals surface area contributed by atoms with E-state index in [1.54, 1.807) is 6.20 Å². The number of nitrogens with one attached hydrogen (secondary N) is 4. The van der Waals surface area contributed by atoms with Crippen LogP contribution in [0.25, 0.3) is 32.4 Å². The molecule has 47 heavy (non-hydrogen) atoms. The van der Waals surface area contributed by atoms with Crippen LogP contribution < -0.4 is 33.3 Å². The number of carbonyl (C=O) groups is 2. The maximum atomic E-state index is 13.5. The number of H-pyrrole nitrogens is 2. The van der Waals surface area contributed by atoms with Gasteiger partial charge in [0.15, 0.2) is 0 Å². The Morgan fingerprint density at radius 1 is 1.19 bits per heavy atom. The van der Waals surface area contributed by atoms with E-state index in [1.807, 2.05) is 0 Å². The average Bonchev–Trinajstić information content (AvgIpc) is 3.66. The lowest BCUT2D eigenvalue weighted by molar-refractivity contribution is -0.125. The number of aryl methyl sites for hydroxylation is 1. The molecule has 5 rings (SSSR count). The molecule has 1 saturated heterocycles. The Balaban J connectivity index is 1.04. The van der Waals surface area contributed by atoms with E-state index in [0.717, 1.165) is 10.1 Å². The number of hydrogen-bond donors (Lipinski definition) is 5. The van der Waals surface area contributed by atoms with Crippen molar-refractivity contribution in [2.45, 2.75) is 25.0 Å². The molecular weight excluding hydrogens is 618 g/mol. The third kappa shape index (κ3) is 7.50. The molecule has 0 aliphatic carbocycles. The van der Waals surface area contributed by atoms with Crippen molar-refractivity contribution in [1.82, 2.24) is 35.1 Å².